The molecule has 0 aromatic carbocycles. The Bertz CT molecular complexity index is 469. The third-order valence-corrected chi connectivity index (χ3v) is 4.84. The van der Waals surface area contributed by atoms with Crippen molar-refractivity contribution in [3.63, 3.8) is 0 Å². The highest BCUT2D eigenvalue weighted by molar-refractivity contribution is 5.92. The van der Waals surface area contributed by atoms with Crippen LogP contribution >= 0.6 is 0 Å². The highest BCUT2D eigenvalue weighted by atomic mass is 16.2. The van der Waals surface area contributed by atoms with Gasteiger partial charge in [0.25, 0.3) is 0 Å². The number of allylic oxidation sites excluding steroid dienone is 1. The van der Waals surface area contributed by atoms with Crippen molar-refractivity contribution in [1.82, 2.24) is 16.0 Å². The monoisotopic (exact) mass is 307 g/mol. The highest BCUT2D eigenvalue weighted by Gasteiger charge is 2.58. The summed E-state index contributed by atoms with van der Waals surface area (Å²) in [5.74, 6) is 0.733. The molecule has 0 spiro atoms. The van der Waals surface area contributed by atoms with E-state index in [9.17, 15) is 9.59 Å². The van der Waals surface area contributed by atoms with E-state index in [2.05, 4.69) is 22.5 Å². The molecule has 1 heterocycles. The summed E-state index contributed by atoms with van der Waals surface area (Å²) in [6.45, 7) is 13.1. The largest absolute Gasteiger partial charge is 0.349 e. The summed E-state index contributed by atoms with van der Waals surface area (Å²) in [5, 5.41) is 9.50. The zero-order chi connectivity index (χ0) is 16.5. The lowest BCUT2D eigenvalue weighted by Crippen LogP contribution is -2.64. The summed E-state index contributed by atoms with van der Waals surface area (Å²) >= 11 is 0. The zero-order valence-corrected chi connectivity index (χ0v) is 14.2. The van der Waals surface area contributed by atoms with E-state index in [-0.39, 0.29) is 23.3 Å². The van der Waals surface area contributed by atoms with Crippen LogP contribution in [0.5, 0.6) is 0 Å². The molecule has 2 aliphatic rings. The van der Waals surface area contributed by atoms with Crippen LogP contribution in [0.2, 0.25) is 0 Å². The summed E-state index contributed by atoms with van der Waals surface area (Å²) < 4.78 is 0. The Balaban J connectivity index is 2.36. The molecule has 1 aliphatic heterocycles. The molecule has 2 unspecified atom stereocenters. The molecule has 0 radical (unpaired) electrons. The molecule has 22 heavy (non-hydrogen) atoms. The lowest BCUT2D eigenvalue weighted by atomic mass is 9.79. The molecule has 5 heteroatoms. The maximum atomic E-state index is 13.1. The molecule has 2 fully saturated rings. The summed E-state index contributed by atoms with van der Waals surface area (Å²) in [7, 11) is 0. The van der Waals surface area contributed by atoms with E-state index in [1.807, 2.05) is 26.8 Å². The van der Waals surface area contributed by atoms with Gasteiger partial charge in [-0.25, -0.2) is 0 Å². The van der Waals surface area contributed by atoms with Gasteiger partial charge in [-0.05, 0) is 64.5 Å². The predicted octanol–water partition coefficient (Wildman–Crippen LogP) is 1.21. The van der Waals surface area contributed by atoms with E-state index in [1.54, 1.807) is 0 Å². The first-order valence-electron chi connectivity index (χ1n) is 8.12. The second-order valence-corrected chi connectivity index (χ2v) is 7.77. The van der Waals surface area contributed by atoms with Gasteiger partial charge in [0.1, 0.15) is 5.54 Å². The summed E-state index contributed by atoms with van der Waals surface area (Å²) in [6, 6.07) is 0. The molecule has 124 valence electrons. The Morgan fingerprint density at radius 3 is 2.59 bits per heavy atom. The number of carbonyl (C=O) groups excluding carboxylic acids is 2. The molecular formula is C17H29N3O2. The van der Waals surface area contributed by atoms with Crippen molar-refractivity contribution in [2.45, 2.75) is 51.6 Å². The van der Waals surface area contributed by atoms with Gasteiger partial charge in [-0.2, -0.15) is 0 Å². The second-order valence-electron chi connectivity index (χ2n) is 7.77. The number of rotatable bonds is 4. The highest BCUT2D eigenvalue weighted by Crippen LogP contribution is 2.48. The Morgan fingerprint density at radius 2 is 2.05 bits per heavy atom. The van der Waals surface area contributed by atoms with Gasteiger partial charge in [-0.3, -0.25) is 9.59 Å². The van der Waals surface area contributed by atoms with Crippen molar-refractivity contribution < 1.29 is 9.59 Å². The third kappa shape index (κ3) is 3.19. The van der Waals surface area contributed by atoms with E-state index in [0.717, 1.165) is 19.5 Å². The molecule has 0 aromatic heterocycles. The summed E-state index contributed by atoms with van der Waals surface area (Å²) in [4.78, 5) is 24.9. The SMILES string of the molecule is C=CC[C@H]1C2CNC[C@@H]2CC1(NC(C)=O)C(=O)NC(C)(C)C. The maximum Gasteiger partial charge on any atom is 0.246 e. The minimum absolute atomic E-state index is 0.0588. The van der Waals surface area contributed by atoms with Gasteiger partial charge >= 0.3 is 0 Å². The quantitative estimate of drug-likeness (QED) is 0.684. The molecule has 1 aliphatic carbocycles. The number of nitrogens with one attached hydrogen (secondary N) is 3. The number of fused-ring (bicyclic) bond motifs is 1. The van der Waals surface area contributed by atoms with Crippen LogP contribution in [0.3, 0.4) is 0 Å². The first-order valence-corrected chi connectivity index (χ1v) is 8.12. The summed E-state index contributed by atoms with van der Waals surface area (Å²) in [5.41, 5.74) is -1.14. The molecule has 2 amide bonds. The standard InChI is InChI=1S/C17H29N3O2/c1-6-7-14-13-10-18-9-12(13)8-17(14,19-11(2)21)15(22)20-16(3,4)5/h6,12-14,18H,1,7-10H2,2-5H3,(H,19,21)(H,20,22)/t12-,13?,14-,17?/m0/s1. The second kappa shape index (κ2) is 6.03. The van der Waals surface area contributed by atoms with Gasteiger partial charge in [0, 0.05) is 12.5 Å². The molecule has 5 nitrogen and oxygen atoms in total. The molecule has 1 saturated heterocycles. The first-order chi connectivity index (χ1) is 10.2. The van der Waals surface area contributed by atoms with E-state index >= 15 is 0 Å². The molecule has 2 rings (SSSR count). The molecule has 0 bridgehead atoms. The van der Waals surface area contributed by atoms with Gasteiger partial charge in [0.15, 0.2) is 0 Å². The minimum Gasteiger partial charge on any atom is -0.349 e. The van der Waals surface area contributed by atoms with Crippen LogP contribution in [-0.2, 0) is 9.59 Å². The number of hydrogen-bond donors (Lipinski definition) is 3. The van der Waals surface area contributed by atoms with E-state index in [1.165, 1.54) is 6.92 Å². The van der Waals surface area contributed by atoms with Gasteiger partial charge in [-0.1, -0.05) is 6.08 Å². The van der Waals surface area contributed by atoms with Crippen molar-refractivity contribution in [2.75, 3.05) is 13.1 Å². The van der Waals surface area contributed by atoms with Gasteiger partial charge in [0.05, 0.1) is 0 Å². The van der Waals surface area contributed by atoms with Crippen molar-refractivity contribution in [2.24, 2.45) is 17.8 Å². The Kier molecular flexibility index (Phi) is 4.66. The Morgan fingerprint density at radius 1 is 1.36 bits per heavy atom. The fourth-order valence-corrected chi connectivity index (χ4v) is 4.16. The van der Waals surface area contributed by atoms with Crippen LogP contribution in [0, 0.1) is 17.8 Å². The smallest absolute Gasteiger partial charge is 0.246 e. The number of amides is 2. The topological polar surface area (TPSA) is 70.2 Å². The molecule has 0 aromatic rings. The third-order valence-electron chi connectivity index (χ3n) is 4.84. The van der Waals surface area contributed by atoms with Crippen LogP contribution in [0.15, 0.2) is 12.7 Å². The normalized spacial score (nSPS) is 34.1. The molecule has 1 saturated carbocycles. The van der Waals surface area contributed by atoms with E-state index in [4.69, 9.17) is 0 Å². The lowest BCUT2D eigenvalue weighted by molar-refractivity contribution is -0.136. The first kappa shape index (κ1) is 17.0. The van der Waals surface area contributed by atoms with Gasteiger partial charge in [-0.15, -0.1) is 6.58 Å². The zero-order valence-electron chi connectivity index (χ0n) is 14.2. The predicted molar refractivity (Wildman–Crippen MR) is 87.2 cm³/mol. The van der Waals surface area contributed by atoms with Crippen LogP contribution in [0.4, 0.5) is 0 Å². The lowest BCUT2D eigenvalue weighted by Gasteiger charge is -2.38. The van der Waals surface area contributed by atoms with Crippen molar-refractivity contribution in [1.29, 1.82) is 0 Å². The average Bonchev–Trinajstić information content (AvgIpc) is 2.89. The summed E-state index contributed by atoms with van der Waals surface area (Å²) in [6.07, 6.45) is 3.30. The van der Waals surface area contributed by atoms with Crippen LogP contribution in [0.25, 0.3) is 0 Å². The number of hydrogen-bond acceptors (Lipinski definition) is 3. The molecule has 3 N–H and O–H groups in total. The van der Waals surface area contributed by atoms with Gasteiger partial charge in [0.2, 0.25) is 11.8 Å². The van der Waals surface area contributed by atoms with Crippen LogP contribution in [0.1, 0.15) is 40.5 Å². The van der Waals surface area contributed by atoms with Crippen LogP contribution in [-0.4, -0.2) is 36.0 Å². The fraction of sp³-hybridized carbons (Fsp3) is 0.765. The van der Waals surface area contributed by atoms with Gasteiger partial charge < -0.3 is 16.0 Å². The average molecular weight is 307 g/mol. The number of carbonyl (C=O) groups is 2. The Labute approximate surface area is 133 Å². The minimum atomic E-state index is -0.815. The molecule has 4 atom stereocenters. The van der Waals surface area contributed by atoms with E-state index < -0.39 is 5.54 Å². The van der Waals surface area contributed by atoms with Crippen molar-refractivity contribution in [3.8, 4) is 0 Å². The maximum absolute atomic E-state index is 13.1. The molecular weight excluding hydrogens is 278 g/mol. The Hall–Kier alpha value is -1.36. The van der Waals surface area contributed by atoms with Crippen molar-refractivity contribution >= 4 is 11.8 Å². The fourth-order valence-electron chi connectivity index (χ4n) is 4.16. The van der Waals surface area contributed by atoms with Crippen LogP contribution < -0.4 is 16.0 Å². The van der Waals surface area contributed by atoms with Crippen molar-refractivity contribution in [3.05, 3.63) is 12.7 Å². The van der Waals surface area contributed by atoms with E-state index in [0.29, 0.717) is 18.3 Å².